The summed E-state index contributed by atoms with van der Waals surface area (Å²) in [5.41, 5.74) is 3.07. The van der Waals surface area contributed by atoms with Gasteiger partial charge in [0.1, 0.15) is 5.69 Å². The number of benzene rings is 2. The number of hydrogen-bond acceptors (Lipinski definition) is 4. The minimum absolute atomic E-state index is 0.189. The fourth-order valence-corrected chi connectivity index (χ4v) is 4.95. The Morgan fingerprint density at radius 1 is 0.886 bits per heavy atom. The van der Waals surface area contributed by atoms with Gasteiger partial charge in [-0.3, -0.25) is 28.8 Å². The summed E-state index contributed by atoms with van der Waals surface area (Å²) in [5.74, 6) is -1.46. The van der Waals surface area contributed by atoms with E-state index in [1.165, 1.54) is 9.58 Å². The van der Waals surface area contributed by atoms with Crippen molar-refractivity contribution in [1.29, 1.82) is 0 Å². The molecule has 178 valence electrons. The number of carbonyl (C=O) groups excluding carboxylic acids is 3. The molecule has 1 aliphatic heterocycles. The molecule has 3 amide bonds. The minimum atomic E-state index is -0.449. The fraction of sp³-hybridized carbons (Fsp3) is 0.259. The van der Waals surface area contributed by atoms with Crippen LogP contribution >= 0.6 is 0 Å². The monoisotopic (exact) mass is 470 g/mol. The molecule has 1 aliphatic carbocycles. The molecule has 35 heavy (non-hydrogen) atoms. The Morgan fingerprint density at radius 2 is 1.54 bits per heavy atom. The summed E-state index contributed by atoms with van der Waals surface area (Å²) in [4.78, 5) is 53.1. The lowest BCUT2D eigenvalue weighted by Crippen LogP contribution is -2.31. The van der Waals surface area contributed by atoms with E-state index >= 15 is 0 Å². The molecule has 2 atom stereocenters. The molecule has 0 bridgehead atoms. The fourth-order valence-electron chi connectivity index (χ4n) is 4.95. The number of hydrogen-bond donors (Lipinski definition) is 1. The van der Waals surface area contributed by atoms with Gasteiger partial charge in [-0.25, -0.2) is 4.68 Å². The smallest absolute Gasteiger partial charge is 0.295 e. The molecular weight excluding hydrogens is 444 g/mol. The van der Waals surface area contributed by atoms with Crippen molar-refractivity contribution in [3.05, 3.63) is 87.9 Å². The third-order valence-corrected chi connectivity index (χ3v) is 7.00. The Kier molecular flexibility index (Phi) is 5.51. The average Bonchev–Trinajstić information content (AvgIpc) is 3.23. The Morgan fingerprint density at radius 3 is 2.23 bits per heavy atom. The Balaban J connectivity index is 1.37. The first-order valence-corrected chi connectivity index (χ1v) is 11.6. The van der Waals surface area contributed by atoms with E-state index in [1.54, 1.807) is 42.9 Å². The summed E-state index contributed by atoms with van der Waals surface area (Å²) in [6.07, 6.45) is 3.21. The third-order valence-electron chi connectivity index (χ3n) is 7.00. The lowest BCUT2D eigenvalue weighted by Gasteiger charge is -2.18. The molecule has 2 aliphatic rings. The summed E-state index contributed by atoms with van der Waals surface area (Å²) in [7, 11) is 1.76. The zero-order chi connectivity index (χ0) is 24.9. The summed E-state index contributed by atoms with van der Waals surface area (Å²) in [5, 5.41) is 2.73. The van der Waals surface area contributed by atoms with Crippen LogP contribution in [-0.2, 0) is 16.6 Å². The first kappa shape index (κ1) is 22.6. The zero-order valence-corrected chi connectivity index (χ0v) is 19.8. The predicted molar refractivity (Wildman–Crippen MR) is 133 cm³/mol. The van der Waals surface area contributed by atoms with Gasteiger partial charge >= 0.3 is 0 Å². The van der Waals surface area contributed by atoms with Gasteiger partial charge in [-0.05, 0) is 63.1 Å². The van der Waals surface area contributed by atoms with Crippen LogP contribution in [-0.4, -0.2) is 27.1 Å². The van der Waals surface area contributed by atoms with E-state index in [4.69, 9.17) is 0 Å². The highest BCUT2D eigenvalue weighted by atomic mass is 16.2. The molecule has 0 saturated carbocycles. The molecule has 0 spiro atoms. The number of nitrogens with zero attached hydrogens (tertiary/aromatic N) is 3. The summed E-state index contributed by atoms with van der Waals surface area (Å²) >= 11 is 0. The number of nitrogens with one attached hydrogen (secondary N) is 1. The second kappa shape index (κ2) is 8.54. The van der Waals surface area contributed by atoms with E-state index in [1.807, 2.05) is 43.3 Å². The van der Waals surface area contributed by atoms with Crippen LogP contribution in [0.15, 0.2) is 71.0 Å². The van der Waals surface area contributed by atoms with E-state index < -0.39 is 5.91 Å². The highest BCUT2D eigenvalue weighted by Gasteiger charge is 2.48. The van der Waals surface area contributed by atoms with Crippen molar-refractivity contribution < 1.29 is 14.4 Å². The molecule has 1 N–H and O–H groups in total. The number of imide groups is 1. The first-order valence-electron chi connectivity index (χ1n) is 11.6. The van der Waals surface area contributed by atoms with E-state index in [-0.39, 0.29) is 34.9 Å². The minimum Gasteiger partial charge on any atom is -0.316 e. The predicted octanol–water partition coefficient (Wildman–Crippen LogP) is 3.58. The highest BCUT2D eigenvalue weighted by Crippen LogP contribution is 2.39. The number of allylic oxidation sites excluding steroid dienone is 2. The van der Waals surface area contributed by atoms with Crippen molar-refractivity contribution in [2.24, 2.45) is 18.9 Å². The van der Waals surface area contributed by atoms with Crippen LogP contribution in [0.3, 0.4) is 0 Å². The maximum atomic E-state index is 13.1. The number of fused-ring (bicyclic) bond motifs is 1. The number of anilines is 2. The molecule has 2 aromatic carbocycles. The molecule has 5 rings (SSSR count). The van der Waals surface area contributed by atoms with Gasteiger partial charge in [0.15, 0.2) is 0 Å². The van der Waals surface area contributed by atoms with Crippen LogP contribution in [0, 0.1) is 18.8 Å². The van der Waals surface area contributed by atoms with Gasteiger partial charge in [0, 0.05) is 12.6 Å². The summed E-state index contributed by atoms with van der Waals surface area (Å²) < 4.78 is 3.19. The molecular formula is C27H26N4O4. The number of rotatable bonds is 4. The zero-order valence-electron chi connectivity index (χ0n) is 19.8. The second-order valence-electron chi connectivity index (χ2n) is 9.15. The first-order chi connectivity index (χ1) is 16.8. The van der Waals surface area contributed by atoms with Crippen molar-refractivity contribution >= 4 is 29.1 Å². The van der Waals surface area contributed by atoms with Gasteiger partial charge in [-0.2, -0.15) is 0 Å². The Hall–Kier alpha value is -4.20. The normalized spacial score (nSPS) is 19.5. The van der Waals surface area contributed by atoms with Gasteiger partial charge in [0.2, 0.25) is 11.8 Å². The van der Waals surface area contributed by atoms with Crippen LogP contribution in [0.2, 0.25) is 0 Å². The Labute approximate surface area is 202 Å². The molecule has 0 unspecified atom stereocenters. The van der Waals surface area contributed by atoms with E-state index in [2.05, 4.69) is 5.32 Å². The van der Waals surface area contributed by atoms with E-state index in [0.29, 0.717) is 35.5 Å². The van der Waals surface area contributed by atoms with E-state index in [0.717, 1.165) is 5.57 Å². The lowest BCUT2D eigenvalue weighted by atomic mass is 9.82. The molecule has 0 radical (unpaired) electrons. The maximum Gasteiger partial charge on any atom is 0.295 e. The number of carbonyl (C=O) groups is 3. The van der Waals surface area contributed by atoms with Crippen LogP contribution in [0.5, 0.6) is 0 Å². The van der Waals surface area contributed by atoms with Gasteiger partial charge < -0.3 is 5.32 Å². The standard InChI is InChI=1S/C27H26N4O4/c1-16-9-14-21-22(15-16)26(34)30(25(21)33)19-12-10-18(11-13-19)24(32)28-23-17(2)29(3)31(27(23)35)20-7-5-4-6-8-20/h4-13,21-22H,14-15H2,1-3H3,(H,28,32)/t21-,22+/m1/s1. The van der Waals surface area contributed by atoms with Crippen LogP contribution in [0.1, 0.15) is 35.8 Å². The molecule has 1 saturated heterocycles. The van der Waals surface area contributed by atoms with E-state index in [9.17, 15) is 19.2 Å². The molecule has 3 aromatic rings. The van der Waals surface area contributed by atoms with Crippen molar-refractivity contribution in [3.8, 4) is 5.69 Å². The lowest BCUT2D eigenvalue weighted by molar-refractivity contribution is -0.122. The van der Waals surface area contributed by atoms with Gasteiger partial charge in [0.05, 0.1) is 28.9 Å². The quantitative estimate of drug-likeness (QED) is 0.466. The summed E-state index contributed by atoms with van der Waals surface area (Å²) in [6.45, 7) is 3.74. The van der Waals surface area contributed by atoms with Gasteiger partial charge in [0.25, 0.3) is 11.5 Å². The van der Waals surface area contributed by atoms with Crippen molar-refractivity contribution in [2.75, 3.05) is 10.2 Å². The number of para-hydroxylation sites is 1. The third kappa shape index (κ3) is 3.71. The van der Waals surface area contributed by atoms with Crippen molar-refractivity contribution in [1.82, 2.24) is 9.36 Å². The van der Waals surface area contributed by atoms with Crippen molar-refractivity contribution in [3.63, 3.8) is 0 Å². The summed E-state index contributed by atoms with van der Waals surface area (Å²) in [6, 6.07) is 15.5. The SMILES string of the molecule is CC1=CC[C@H]2C(=O)N(c3ccc(C(=O)Nc4c(C)n(C)n(-c5ccccc5)c4=O)cc3)C(=O)[C@H]2C1. The van der Waals surface area contributed by atoms with Crippen molar-refractivity contribution in [2.45, 2.75) is 26.7 Å². The largest absolute Gasteiger partial charge is 0.316 e. The average molecular weight is 471 g/mol. The molecule has 1 aromatic heterocycles. The second-order valence-corrected chi connectivity index (χ2v) is 9.15. The van der Waals surface area contributed by atoms with Crippen LogP contribution < -0.4 is 15.8 Å². The molecule has 2 heterocycles. The Bertz CT molecular complexity index is 1430. The molecule has 1 fully saturated rings. The van der Waals surface area contributed by atoms with Crippen LogP contribution in [0.25, 0.3) is 5.69 Å². The number of aromatic nitrogens is 2. The highest BCUT2D eigenvalue weighted by molar-refractivity contribution is 6.22. The van der Waals surface area contributed by atoms with Gasteiger partial charge in [-0.15, -0.1) is 0 Å². The van der Waals surface area contributed by atoms with Crippen LogP contribution in [0.4, 0.5) is 11.4 Å². The van der Waals surface area contributed by atoms with Gasteiger partial charge in [-0.1, -0.05) is 29.8 Å². The molecule has 8 nitrogen and oxygen atoms in total. The number of amides is 3. The molecule has 8 heteroatoms. The topological polar surface area (TPSA) is 93.4 Å². The maximum absolute atomic E-state index is 13.1.